The molecule has 0 bridgehead atoms. The second kappa shape index (κ2) is 6.72. The molecule has 1 heterocycles. The second-order valence-electron chi connectivity index (χ2n) is 5.57. The van der Waals surface area contributed by atoms with Crippen LogP contribution in [0, 0.1) is 5.92 Å². The molecule has 1 aromatic rings. The van der Waals surface area contributed by atoms with Crippen LogP contribution in [-0.4, -0.2) is 29.6 Å². The van der Waals surface area contributed by atoms with E-state index >= 15 is 0 Å². The van der Waals surface area contributed by atoms with Crippen molar-refractivity contribution in [1.29, 1.82) is 0 Å². The van der Waals surface area contributed by atoms with Crippen molar-refractivity contribution < 1.29 is 14.7 Å². The van der Waals surface area contributed by atoms with Crippen LogP contribution in [0.5, 0.6) is 0 Å². The zero-order chi connectivity index (χ0) is 15.4. The summed E-state index contributed by atoms with van der Waals surface area (Å²) in [5.74, 6) is -1.62. The monoisotopic (exact) mass is 290 g/mol. The van der Waals surface area contributed by atoms with Gasteiger partial charge in [0.25, 0.3) is 0 Å². The first-order chi connectivity index (χ1) is 10.0. The minimum absolute atomic E-state index is 0.179. The van der Waals surface area contributed by atoms with Gasteiger partial charge in [0.1, 0.15) is 0 Å². The molecule has 1 aliphatic rings. The Bertz CT molecular complexity index is 530. The fraction of sp³-hybridized carbons (Fsp3) is 0.500. The third kappa shape index (κ3) is 3.42. The van der Waals surface area contributed by atoms with Crippen molar-refractivity contribution >= 4 is 17.6 Å². The number of carboxylic acids is 1. The van der Waals surface area contributed by atoms with Gasteiger partial charge in [-0.1, -0.05) is 38.0 Å². The van der Waals surface area contributed by atoms with Gasteiger partial charge in [-0.05, 0) is 24.5 Å². The number of carboxylic acid groups (broad SMARTS) is 1. The summed E-state index contributed by atoms with van der Waals surface area (Å²) in [6.07, 6.45) is 2.96. The summed E-state index contributed by atoms with van der Waals surface area (Å²) in [7, 11) is 0. The number of fused-ring (bicyclic) bond motifs is 1. The minimum atomic E-state index is -0.871. The fourth-order valence-corrected chi connectivity index (χ4v) is 2.72. The smallest absolute Gasteiger partial charge is 0.308 e. The summed E-state index contributed by atoms with van der Waals surface area (Å²) in [5.41, 5.74) is 7.67. The van der Waals surface area contributed by atoms with Crippen LogP contribution in [-0.2, 0) is 16.0 Å². The van der Waals surface area contributed by atoms with Gasteiger partial charge in [0.05, 0.1) is 12.0 Å². The normalized spacial score (nSPS) is 19.0. The fourth-order valence-electron chi connectivity index (χ4n) is 2.72. The minimum Gasteiger partial charge on any atom is -0.481 e. The highest BCUT2D eigenvalue weighted by molar-refractivity contribution is 5.99. The van der Waals surface area contributed by atoms with E-state index < -0.39 is 17.9 Å². The van der Waals surface area contributed by atoms with E-state index in [0.29, 0.717) is 12.8 Å². The topological polar surface area (TPSA) is 83.6 Å². The van der Waals surface area contributed by atoms with Crippen molar-refractivity contribution in [3.63, 3.8) is 0 Å². The number of nitrogens with zero attached hydrogens (tertiary/aromatic N) is 1. The zero-order valence-electron chi connectivity index (χ0n) is 12.3. The Hall–Kier alpha value is -1.88. The molecular formula is C16H22N2O3. The van der Waals surface area contributed by atoms with Gasteiger partial charge >= 0.3 is 5.97 Å². The Kier molecular flexibility index (Phi) is 4.96. The molecule has 0 saturated carbocycles. The molecule has 0 radical (unpaired) electrons. The maximum absolute atomic E-state index is 12.5. The molecule has 2 rings (SSSR count). The molecule has 21 heavy (non-hydrogen) atoms. The van der Waals surface area contributed by atoms with Crippen molar-refractivity contribution in [3.8, 4) is 0 Å². The zero-order valence-corrected chi connectivity index (χ0v) is 12.3. The lowest BCUT2D eigenvalue weighted by Crippen LogP contribution is -2.49. The number of amides is 1. The number of rotatable bonds is 5. The molecule has 1 unspecified atom stereocenters. The number of hydrogen-bond acceptors (Lipinski definition) is 3. The molecule has 5 heteroatoms. The first-order valence-corrected chi connectivity index (χ1v) is 7.42. The Morgan fingerprint density at radius 3 is 2.81 bits per heavy atom. The molecule has 114 valence electrons. The lowest BCUT2D eigenvalue weighted by Gasteiger charge is -2.34. The predicted molar refractivity (Wildman–Crippen MR) is 81.1 cm³/mol. The quantitative estimate of drug-likeness (QED) is 0.866. The average Bonchev–Trinajstić information content (AvgIpc) is 2.50. The molecule has 0 aromatic heterocycles. The maximum Gasteiger partial charge on any atom is 0.308 e. The van der Waals surface area contributed by atoms with Gasteiger partial charge in [-0.3, -0.25) is 9.59 Å². The molecule has 0 spiro atoms. The van der Waals surface area contributed by atoms with E-state index in [-0.39, 0.29) is 12.5 Å². The molecular weight excluding hydrogens is 268 g/mol. The Morgan fingerprint density at radius 1 is 1.43 bits per heavy atom. The molecule has 3 N–H and O–H groups in total. The Balaban J connectivity index is 2.24. The lowest BCUT2D eigenvalue weighted by atomic mass is 9.92. The number of benzene rings is 1. The predicted octanol–water partition coefficient (Wildman–Crippen LogP) is 1.79. The van der Waals surface area contributed by atoms with Crippen LogP contribution < -0.4 is 10.6 Å². The number of hydrogen-bond donors (Lipinski definition) is 2. The van der Waals surface area contributed by atoms with E-state index in [4.69, 9.17) is 5.73 Å². The molecule has 2 atom stereocenters. The Labute approximate surface area is 124 Å². The average molecular weight is 290 g/mol. The molecule has 1 amide bonds. The first kappa shape index (κ1) is 15.5. The van der Waals surface area contributed by atoms with E-state index in [1.807, 2.05) is 31.2 Å². The number of anilines is 1. The largest absolute Gasteiger partial charge is 0.481 e. The summed E-state index contributed by atoms with van der Waals surface area (Å²) in [5, 5.41) is 9.27. The van der Waals surface area contributed by atoms with Gasteiger partial charge < -0.3 is 15.7 Å². The molecule has 1 aliphatic heterocycles. The number of aliphatic carboxylic acids is 1. The summed E-state index contributed by atoms with van der Waals surface area (Å²) >= 11 is 0. The highest BCUT2D eigenvalue weighted by atomic mass is 16.4. The first-order valence-electron chi connectivity index (χ1n) is 7.42. The van der Waals surface area contributed by atoms with Crippen LogP contribution in [0.15, 0.2) is 24.3 Å². The van der Waals surface area contributed by atoms with Crippen molar-refractivity contribution in [2.45, 2.75) is 38.6 Å². The number of carbonyl (C=O) groups is 2. The Morgan fingerprint density at radius 2 is 2.14 bits per heavy atom. The molecule has 1 aromatic carbocycles. The van der Waals surface area contributed by atoms with E-state index in [9.17, 15) is 14.7 Å². The summed E-state index contributed by atoms with van der Waals surface area (Å²) in [6.45, 7) is 2.25. The van der Waals surface area contributed by atoms with Crippen molar-refractivity contribution in [1.82, 2.24) is 0 Å². The number of para-hydroxylation sites is 1. The standard InChI is InChI=1S/C16H22N2O3/c1-2-3-7-13(17)15(19)18-10-12(16(20)21)9-11-6-4-5-8-14(11)18/h4-6,8,12-13H,2-3,7,9-10,17H2,1H3,(H,20,21)/t12?,13-/m0/s1. The van der Waals surface area contributed by atoms with Gasteiger partial charge in [-0.15, -0.1) is 0 Å². The van der Waals surface area contributed by atoms with Gasteiger partial charge in [-0.25, -0.2) is 0 Å². The maximum atomic E-state index is 12.5. The van der Waals surface area contributed by atoms with E-state index in [1.165, 1.54) is 0 Å². The second-order valence-corrected chi connectivity index (χ2v) is 5.57. The van der Waals surface area contributed by atoms with Crippen LogP contribution in [0.1, 0.15) is 31.7 Å². The number of nitrogens with two attached hydrogens (primary N) is 1. The van der Waals surface area contributed by atoms with Crippen LogP contribution >= 0.6 is 0 Å². The van der Waals surface area contributed by atoms with Gasteiger partial charge in [0.2, 0.25) is 5.91 Å². The third-order valence-corrected chi connectivity index (χ3v) is 3.95. The van der Waals surface area contributed by atoms with Gasteiger partial charge in [0, 0.05) is 12.2 Å². The number of unbranched alkanes of at least 4 members (excludes halogenated alkanes) is 1. The summed E-state index contributed by atoms with van der Waals surface area (Å²) in [6, 6.07) is 6.89. The number of carbonyl (C=O) groups excluding carboxylic acids is 1. The molecule has 5 nitrogen and oxygen atoms in total. The van der Waals surface area contributed by atoms with E-state index in [2.05, 4.69) is 0 Å². The molecule has 0 aliphatic carbocycles. The summed E-state index contributed by atoms with van der Waals surface area (Å²) < 4.78 is 0. The SMILES string of the molecule is CCCC[C@H](N)C(=O)N1CC(C(=O)O)Cc2ccccc21. The van der Waals surface area contributed by atoms with Crippen LogP contribution in [0.25, 0.3) is 0 Å². The van der Waals surface area contributed by atoms with Crippen molar-refractivity contribution in [2.75, 3.05) is 11.4 Å². The highest BCUT2D eigenvalue weighted by Gasteiger charge is 2.33. The lowest BCUT2D eigenvalue weighted by molar-refractivity contribution is -0.141. The van der Waals surface area contributed by atoms with Crippen molar-refractivity contribution in [3.05, 3.63) is 29.8 Å². The van der Waals surface area contributed by atoms with Crippen molar-refractivity contribution in [2.24, 2.45) is 11.7 Å². The summed E-state index contributed by atoms with van der Waals surface area (Å²) in [4.78, 5) is 25.4. The van der Waals surface area contributed by atoms with Gasteiger partial charge in [-0.2, -0.15) is 0 Å². The van der Waals surface area contributed by atoms with Crippen LogP contribution in [0.2, 0.25) is 0 Å². The van der Waals surface area contributed by atoms with Crippen LogP contribution in [0.3, 0.4) is 0 Å². The van der Waals surface area contributed by atoms with Gasteiger partial charge in [0.15, 0.2) is 0 Å². The van der Waals surface area contributed by atoms with E-state index in [0.717, 1.165) is 24.1 Å². The highest BCUT2D eigenvalue weighted by Crippen LogP contribution is 2.30. The third-order valence-electron chi connectivity index (χ3n) is 3.95. The molecule has 0 fully saturated rings. The van der Waals surface area contributed by atoms with E-state index in [1.54, 1.807) is 4.90 Å². The molecule has 0 saturated heterocycles. The van der Waals surface area contributed by atoms with Crippen LogP contribution in [0.4, 0.5) is 5.69 Å².